The smallest absolute Gasteiger partial charge is 0.167 e. The molecule has 1 aliphatic carbocycles. The Labute approximate surface area is 123 Å². The van der Waals surface area contributed by atoms with Crippen LogP contribution in [0.5, 0.6) is 0 Å². The van der Waals surface area contributed by atoms with Gasteiger partial charge < -0.3 is 5.73 Å². The lowest BCUT2D eigenvalue weighted by Crippen LogP contribution is -2.04. The molecule has 2 aromatic rings. The van der Waals surface area contributed by atoms with Crippen LogP contribution in [0.25, 0.3) is 0 Å². The van der Waals surface area contributed by atoms with Crippen LogP contribution < -0.4 is 5.73 Å². The molecule has 3 heteroatoms. The van der Waals surface area contributed by atoms with E-state index in [1.807, 2.05) is 0 Å². The number of hydrogen-bond donors (Lipinski definition) is 1. The van der Waals surface area contributed by atoms with Gasteiger partial charge in [0, 0.05) is 12.0 Å². The van der Waals surface area contributed by atoms with Crippen LogP contribution in [0.15, 0.2) is 36.4 Å². The number of fused-ring (bicyclic) bond motifs is 1. The van der Waals surface area contributed by atoms with E-state index in [4.69, 9.17) is 17.3 Å². The van der Waals surface area contributed by atoms with Gasteiger partial charge in [0.15, 0.2) is 5.78 Å². The molecule has 2 N–H and O–H groups in total. The zero-order chi connectivity index (χ0) is 14.1. The van der Waals surface area contributed by atoms with Crippen LogP contribution in [-0.4, -0.2) is 5.78 Å². The summed E-state index contributed by atoms with van der Waals surface area (Å²) in [5.74, 6) is 0.0739. The van der Waals surface area contributed by atoms with E-state index >= 15 is 0 Å². The summed E-state index contributed by atoms with van der Waals surface area (Å²) in [5.41, 5.74) is 10.7. The third-order valence-electron chi connectivity index (χ3n) is 3.85. The van der Waals surface area contributed by atoms with Gasteiger partial charge in [-0.05, 0) is 54.2 Å². The zero-order valence-corrected chi connectivity index (χ0v) is 11.9. The molecule has 3 rings (SSSR count). The van der Waals surface area contributed by atoms with Crippen LogP contribution in [0.2, 0.25) is 5.02 Å². The maximum Gasteiger partial charge on any atom is 0.167 e. The van der Waals surface area contributed by atoms with E-state index in [1.165, 1.54) is 17.5 Å². The summed E-state index contributed by atoms with van der Waals surface area (Å²) in [7, 11) is 0. The minimum absolute atomic E-state index is 0.0739. The first kappa shape index (κ1) is 13.2. The van der Waals surface area contributed by atoms with Crippen molar-refractivity contribution >= 4 is 23.1 Å². The highest BCUT2D eigenvalue weighted by molar-refractivity contribution is 6.33. The Bertz CT molecular complexity index is 679. The Morgan fingerprint density at radius 1 is 1.10 bits per heavy atom. The molecule has 20 heavy (non-hydrogen) atoms. The van der Waals surface area contributed by atoms with E-state index in [1.54, 1.807) is 18.2 Å². The topological polar surface area (TPSA) is 43.1 Å². The normalized spacial score (nSPS) is 13.2. The summed E-state index contributed by atoms with van der Waals surface area (Å²) < 4.78 is 0. The molecule has 0 heterocycles. The number of Topliss-reactive ketones (excluding diaryl/α,β-unsaturated/α-hetero) is 1. The number of benzene rings is 2. The third-order valence-corrected chi connectivity index (χ3v) is 4.18. The van der Waals surface area contributed by atoms with E-state index in [9.17, 15) is 4.79 Å². The molecule has 0 aliphatic heterocycles. The number of carbonyl (C=O) groups is 1. The van der Waals surface area contributed by atoms with Crippen molar-refractivity contribution in [1.82, 2.24) is 0 Å². The van der Waals surface area contributed by atoms with Gasteiger partial charge in [-0.3, -0.25) is 4.79 Å². The molecular weight excluding hydrogens is 270 g/mol. The van der Waals surface area contributed by atoms with E-state index in [2.05, 4.69) is 18.2 Å². The monoisotopic (exact) mass is 285 g/mol. The quantitative estimate of drug-likeness (QED) is 0.688. The van der Waals surface area contributed by atoms with Crippen molar-refractivity contribution in [2.75, 3.05) is 5.73 Å². The first-order chi connectivity index (χ1) is 9.63. The zero-order valence-electron chi connectivity index (χ0n) is 11.2. The summed E-state index contributed by atoms with van der Waals surface area (Å²) >= 11 is 5.96. The fraction of sp³-hybridized carbons (Fsp3) is 0.235. The van der Waals surface area contributed by atoms with Crippen LogP contribution in [0, 0.1) is 0 Å². The summed E-state index contributed by atoms with van der Waals surface area (Å²) in [6.07, 6.45) is 3.93. The van der Waals surface area contributed by atoms with E-state index in [0.717, 1.165) is 18.4 Å². The number of halogens is 1. The van der Waals surface area contributed by atoms with Gasteiger partial charge in [0.1, 0.15) is 0 Å². The summed E-state index contributed by atoms with van der Waals surface area (Å²) in [6.45, 7) is 0. The minimum atomic E-state index is 0.0739. The van der Waals surface area contributed by atoms with E-state index < -0.39 is 0 Å². The van der Waals surface area contributed by atoms with Gasteiger partial charge >= 0.3 is 0 Å². The molecule has 0 atom stereocenters. The average Bonchev–Trinajstić information content (AvgIpc) is 2.89. The number of hydrogen-bond acceptors (Lipinski definition) is 2. The fourth-order valence-electron chi connectivity index (χ4n) is 2.72. The maximum absolute atomic E-state index is 12.3. The number of nitrogen functional groups attached to an aromatic ring is 1. The minimum Gasteiger partial charge on any atom is -0.398 e. The lowest BCUT2D eigenvalue weighted by atomic mass is 9.99. The SMILES string of the molecule is Nc1ccc(C(=O)Cc2ccc3c(c2)CCC3)cc1Cl. The molecule has 0 fully saturated rings. The number of ketones is 1. The van der Waals surface area contributed by atoms with Crippen LogP contribution >= 0.6 is 11.6 Å². The Morgan fingerprint density at radius 3 is 2.70 bits per heavy atom. The maximum atomic E-state index is 12.3. The number of anilines is 1. The molecule has 0 bridgehead atoms. The summed E-state index contributed by atoms with van der Waals surface area (Å²) in [4.78, 5) is 12.3. The Kier molecular flexibility index (Phi) is 3.49. The Balaban J connectivity index is 1.80. The van der Waals surface area contributed by atoms with Crippen molar-refractivity contribution in [2.45, 2.75) is 25.7 Å². The van der Waals surface area contributed by atoms with Crippen LogP contribution in [0.1, 0.15) is 33.5 Å². The van der Waals surface area contributed by atoms with Gasteiger partial charge in [-0.2, -0.15) is 0 Å². The average molecular weight is 286 g/mol. The van der Waals surface area contributed by atoms with Crippen molar-refractivity contribution in [2.24, 2.45) is 0 Å². The van der Waals surface area contributed by atoms with Crippen molar-refractivity contribution in [3.05, 3.63) is 63.7 Å². The molecule has 0 spiro atoms. The second-order valence-corrected chi connectivity index (χ2v) is 5.70. The van der Waals surface area contributed by atoms with Gasteiger partial charge in [-0.15, -0.1) is 0 Å². The van der Waals surface area contributed by atoms with Crippen molar-refractivity contribution in [3.63, 3.8) is 0 Å². The molecule has 2 aromatic carbocycles. The number of nitrogens with two attached hydrogens (primary N) is 1. The Hall–Kier alpha value is -1.80. The second-order valence-electron chi connectivity index (χ2n) is 5.29. The molecule has 0 aromatic heterocycles. The molecule has 0 saturated heterocycles. The standard InChI is InChI=1S/C17H16ClNO/c18-15-10-14(6-7-16(15)19)17(20)9-11-4-5-12-2-1-3-13(12)8-11/h4-8,10H,1-3,9,19H2. The molecule has 0 saturated carbocycles. The Morgan fingerprint density at radius 2 is 1.90 bits per heavy atom. The molecule has 2 nitrogen and oxygen atoms in total. The van der Waals surface area contributed by atoms with Crippen molar-refractivity contribution in [3.8, 4) is 0 Å². The second kappa shape index (κ2) is 5.29. The van der Waals surface area contributed by atoms with Gasteiger partial charge in [-0.1, -0.05) is 29.8 Å². The molecule has 0 unspecified atom stereocenters. The van der Waals surface area contributed by atoms with Gasteiger partial charge in [0.25, 0.3) is 0 Å². The van der Waals surface area contributed by atoms with Gasteiger partial charge in [0.05, 0.1) is 10.7 Å². The van der Waals surface area contributed by atoms with E-state index in [0.29, 0.717) is 22.7 Å². The molecule has 1 aliphatic rings. The first-order valence-electron chi connectivity index (χ1n) is 6.82. The lowest BCUT2D eigenvalue weighted by molar-refractivity contribution is 0.0993. The largest absolute Gasteiger partial charge is 0.398 e. The fourth-order valence-corrected chi connectivity index (χ4v) is 2.90. The highest BCUT2D eigenvalue weighted by atomic mass is 35.5. The van der Waals surface area contributed by atoms with Gasteiger partial charge in [0.2, 0.25) is 0 Å². The summed E-state index contributed by atoms with van der Waals surface area (Å²) in [5, 5.41) is 0.435. The number of carbonyl (C=O) groups excluding carboxylic acids is 1. The molecule has 0 radical (unpaired) electrons. The van der Waals surface area contributed by atoms with Crippen LogP contribution in [0.3, 0.4) is 0 Å². The molecule has 0 amide bonds. The lowest BCUT2D eigenvalue weighted by Gasteiger charge is -2.06. The summed E-state index contributed by atoms with van der Waals surface area (Å²) in [6, 6.07) is 11.4. The predicted molar refractivity (Wildman–Crippen MR) is 82.4 cm³/mol. The van der Waals surface area contributed by atoms with Crippen LogP contribution in [0.4, 0.5) is 5.69 Å². The molecular formula is C17H16ClNO. The van der Waals surface area contributed by atoms with Crippen LogP contribution in [-0.2, 0) is 19.3 Å². The number of aryl methyl sites for hydroxylation is 2. The molecule has 102 valence electrons. The van der Waals surface area contributed by atoms with Crippen molar-refractivity contribution < 1.29 is 4.79 Å². The number of rotatable bonds is 3. The highest BCUT2D eigenvalue weighted by Gasteiger charge is 2.13. The first-order valence-corrected chi connectivity index (χ1v) is 7.20. The van der Waals surface area contributed by atoms with E-state index in [-0.39, 0.29) is 5.78 Å². The predicted octanol–water partition coefficient (Wildman–Crippen LogP) is 3.84. The van der Waals surface area contributed by atoms with Crippen molar-refractivity contribution in [1.29, 1.82) is 0 Å². The third kappa shape index (κ3) is 2.56. The van der Waals surface area contributed by atoms with Gasteiger partial charge in [-0.25, -0.2) is 0 Å². The highest BCUT2D eigenvalue weighted by Crippen LogP contribution is 2.24.